The molecule has 0 saturated carbocycles. The molecule has 0 unspecified atom stereocenters. The topological polar surface area (TPSA) is 114 Å². The van der Waals surface area contributed by atoms with E-state index in [2.05, 4.69) is 16.0 Å². The van der Waals surface area contributed by atoms with Crippen LogP contribution < -0.4 is 16.0 Å². The molecule has 9 heteroatoms. The fourth-order valence-electron chi connectivity index (χ4n) is 2.76. The Bertz CT molecular complexity index is 768. The van der Waals surface area contributed by atoms with Crippen molar-refractivity contribution in [1.29, 1.82) is 0 Å². The third-order valence-corrected chi connectivity index (χ3v) is 4.92. The van der Waals surface area contributed by atoms with E-state index in [0.29, 0.717) is 18.6 Å². The monoisotopic (exact) mass is 449 g/mol. The standard InChI is InChI=1S/C22H31N3O5S/c1-15(2)12-18(24-20(27)17(23-14-26)10-11-31-4)21(28)25-19(22(29)30-3)13-16-8-6-5-7-9-16/h5-9,12,14-15,17,19H,10-11,13H2,1-4H3,(H,23,26)(H,24,27)(H,25,28)/t17-,19-/m0/s1. The van der Waals surface area contributed by atoms with Gasteiger partial charge in [0.15, 0.2) is 0 Å². The minimum absolute atomic E-state index is 0.0174. The first-order chi connectivity index (χ1) is 14.8. The molecule has 0 spiro atoms. The molecule has 0 heterocycles. The number of hydrogen-bond donors (Lipinski definition) is 3. The summed E-state index contributed by atoms with van der Waals surface area (Å²) >= 11 is 1.54. The molecular weight excluding hydrogens is 418 g/mol. The number of carbonyl (C=O) groups is 4. The Morgan fingerprint density at radius 2 is 1.81 bits per heavy atom. The van der Waals surface area contributed by atoms with Crippen molar-refractivity contribution in [2.45, 2.75) is 38.8 Å². The van der Waals surface area contributed by atoms with E-state index >= 15 is 0 Å². The number of methoxy groups -OCH3 is 1. The molecule has 3 amide bonds. The Morgan fingerprint density at radius 3 is 2.35 bits per heavy atom. The van der Waals surface area contributed by atoms with Crippen LogP contribution in [0, 0.1) is 5.92 Å². The van der Waals surface area contributed by atoms with Gasteiger partial charge in [0.1, 0.15) is 17.8 Å². The van der Waals surface area contributed by atoms with Gasteiger partial charge in [0.2, 0.25) is 12.3 Å². The summed E-state index contributed by atoms with van der Waals surface area (Å²) in [5.41, 5.74) is 0.868. The van der Waals surface area contributed by atoms with Crippen molar-refractivity contribution in [1.82, 2.24) is 16.0 Å². The van der Waals surface area contributed by atoms with Crippen molar-refractivity contribution in [3.05, 3.63) is 47.7 Å². The van der Waals surface area contributed by atoms with Crippen molar-refractivity contribution in [3.63, 3.8) is 0 Å². The van der Waals surface area contributed by atoms with Crippen LogP contribution >= 0.6 is 11.8 Å². The number of hydrogen-bond acceptors (Lipinski definition) is 6. The van der Waals surface area contributed by atoms with Gasteiger partial charge in [-0.1, -0.05) is 50.3 Å². The lowest BCUT2D eigenvalue weighted by molar-refractivity contribution is -0.144. The lowest BCUT2D eigenvalue weighted by Gasteiger charge is -2.20. The van der Waals surface area contributed by atoms with Crippen LogP contribution in [0.15, 0.2) is 42.1 Å². The third-order valence-electron chi connectivity index (χ3n) is 4.27. The van der Waals surface area contributed by atoms with Gasteiger partial charge >= 0.3 is 5.97 Å². The van der Waals surface area contributed by atoms with Crippen molar-refractivity contribution in [2.75, 3.05) is 19.1 Å². The van der Waals surface area contributed by atoms with Crippen molar-refractivity contribution < 1.29 is 23.9 Å². The van der Waals surface area contributed by atoms with E-state index in [4.69, 9.17) is 4.74 Å². The van der Waals surface area contributed by atoms with E-state index in [-0.39, 0.29) is 18.0 Å². The molecule has 0 radical (unpaired) electrons. The molecule has 31 heavy (non-hydrogen) atoms. The first-order valence-corrected chi connectivity index (χ1v) is 11.4. The van der Waals surface area contributed by atoms with Gasteiger partial charge in [0.25, 0.3) is 5.91 Å². The normalized spacial score (nSPS) is 13.1. The number of rotatable bonds is 13. The van der Waals surface area contributed by atoms with Gasteiger partial charge in [-0.25, -0.2) is 4.79 Å². The number of esters is 1. The van der Waals surface area contributed by atoms with Gasteiger partial charge in [-0.2, -0.15) is 11.8 Å². The summed E-state index contributed by atoms with van der Waals surface area (Å²) in [6.07, 6.45) is 4.61. The summed E-state index contributed by atoms with van der Waals surface area (Å²) in [5, 5.41) is 7.72. The van der Waals surface area contributed by atoms with Crippen LogP contribution in [0.25, 0.3) is 0 Å². The van der Waals surface area contributed by atoms with Crippen LogP contribution in [-0.4, -0.2) is 55.4 Å². The maximum absolute atomic E-state index is 12.9. The maximum atomic E-state index is 12.9. The second-order valence-corrected chi connectivity index (χ2v) is 8.16. The van der Waals surface area contributed by atoms with Crippen LogP contribution in [-0.2, 0) is 30.3 Å². The minimum atomic E-state index is -0.923. The lowest BCUT2D eigenvalue weighted by atomic mass is 10.1. The number of ether oxygens (including phenoxy) is 1. The SMILES string of the molecule is COC(=O)[C@H](Cc1ccccc1)NC(=O)C(=CC(C)C)NC(=O)[C@H](CCSC)NC=O. The van der Waals surface area contributed by atoms with Crippen LogP contribution in [0.1, 0.15) is 25.8 Å². The zero-order valence-corrected chi connectivity index (χ0v) is 19.2. The van der Waals surface area contributed by atoms with Gasteiger partial charge in [0.05, 0.1) is 7.11 Å². The molecule has 1 aromatic carbocycles. The Hall–Kier alpha value is -2.81. The molecule has 0 aliphatic carbocycles. The second-order valence-electron chi connectivity index (χ2n) is 7.17. The number of allylic oxidation sites excluding steroid dienone is 1. The Morgan fingerprint density at radius 1 is 1.13 bits per heavy atom. The zero-order chi connectivity index (χ0) is 23.2. The first kappa shape index (κ1) is 26.2. The van der Waals surface area contributed by atoms with Crippen LogP contribution in [0.2, 0.25) is 0 Å². The van der Waals surface area contributed by atoms with E-state index in [9.17, 15) is 19.2 Å². The summed E-state index contributed by atoms with van der Waals surface area (Å²) in [7, 11) is 1.25. The highest BCUT2D eigenvalue weighted by Crippen LogP contribution is 2.08. The van der Waals surface area contributed by atoms with E-state index in [0.717, 1.165) is 5.56 Å². The number of carbonyl (C=O) groups excluding carboxylic acids is 4. The maximum Gasteiger partial charge on any atom is 0.328 e. The van der Waals surface area contributed by atoms with Gasteiger partial charge < -0.3 is 20.7 Å². The van der Waals surface area contributed by atoms with E-state index in [1.165, 1.54) is 7.11 Å². The Balaban J connectivity index is 3.00. The molecule has 3 N–H and O–H groups in total. The number of amides is 3. The molecule has 0 saturated heterocycles. The molecule has 0 aliphatic rings. The van der Waals surface area contributed by atoms with Crippen molar-refractivity contribution >= 4 is 36.0 Å². The van der Waals surface area contributed by atoms with E-state index in [1.54, 1.807) is 17.8 Å². The average molecular weight is 450 g/mol. The third kappa shape index (κ3) is 9.69. The minimum Gasteiger partial charge on any atom is -0.467 e. The summed E-state index contributed by atoms with van der Waals surface area (Å²) in [4.78, 5) is 48.7. The number of thioether (sulfide) groups is 1. The predicted molar refractivity (Wildman–Crippen MR) is 121 cm³/mol. The van der Waals surface area contributed by atoms with Crippen LogP contribution in [0.5, 0.6) is 0 Å². The lowest BCUT2D eigenvalue weighted by Crippen LogP contribution is -2.49. The van der Waals surface area contributed by atoms with E-state index in [1.807, 2.05) is 50.4 Å². The summed E-state index contributed by atoms with van der Waals surface area (Å²) < 4.78 is 4.83. The van der Waals surface area contributed by atoms with Gasteiger partial charge in [-0.15, -0.1) is 0 Å². The fraction of sp³-hybridized carbons (Fsp3) is 0.455. The molecule has 1 rings (SSSR count). The van der Waals surface area contributed by atoms with Crippen LogP contribution in [0.3, 0.4) is 0 Å². The first-order valence-electron chi connectivity index (χ1n) is 9.96. The quantitative estimate of drug-likeness (QED) is 0.238. The molecular formula is C22H31N3O5S. The highest BCUT2D eigenvalue weighted by Gasteiger charge is 2.26. The van der Waals surface area contributed by atoms with Gasteiger partial charge in [-0.05, 0) is 29.9 Å². The molecule has 0 bridgehead atoms. The molecule has 2 atom stereocenters. The van der Waals surface area contributed by atoms with Gasteiger partial charge in [0, 0.05) is 6.42 Å². The molecule has 0 fully saturated rings. The van der Waals surface area contributed by atoms with Crippen LogP contribution in [0.4, 0.5) is 0 Å². The largest absolute Gasteiger partial charge is 0.467 e. The molecule has 170 valence electrons. The summed E-state index contributed by atoms with van der Waals surface area (Å²) in [5.74, 6) is -1.08. The fourth-order valence-corrected chi connectivity index (χ4v) is 3.23. The molecule has 0 aromatic heterocycles. The molecule has 1 aromatic rings. The average Bonchev–Trinajstić information content (AvgIpc) is 2.75. The molecule has 0 aliphatic heterocycles. The summed E-state index contributed by atoms with van der Waals surface area (Å²) in [6.45, 7) is 3.71. The number of nitrogens with one attached hydrogen (secondary N) is 3. The smallest absolute Gasteiger partial charge is 0.328 e. The van der Waals surface area contributed by atoms with Crippen molar-refractivity contribution in [3.8, 4) is 0 Å². The second kappa shape index (κ2) is 14.2. The van der Waals surface area contributed by atoms with Crippen molar-refractivity contribution in [2.24, 2.45) is 5.92 Å². The van der Waals surface area contributed by atoms with E-state index < -0.39 is 29.9 Å². The Kier molecular flexibility index (Phi) is 12.0. The predicted octanol–water partition coefficient (Wildman–Crippen LogP) is 1.41. The summed E-state index contributed by atoms with van der Waals surface area (Å²) in [6, 6.07) is 7.53. The number of benzene rings is 1. The Labute approximate surface area is 187 Å². The highest BCUT2D eigenvalue weighted by atomic mass is 32.2. The highest BCUT2D eigenvalue weighted by molar-refractivity contribution is 7.98. The zero-order valence-electron chi connectivity index (χ0n) is 18.3. The molecule has 8 nitrogen and oxygen atoms in total. The van der Waals surface area contributed by atoms with Gasteiger partial charge in [-0.3, -0.25) is 14.4 Å².